The zero-order chi connectivity index (χ0) is 19.9. The maximum atomic E-state index is 12.1. The van der Waals surface area contributed by atoms with E-state index < -0.39 is 0 Å². The van der Waals surface area contributed by atoms with Crippen LogP contribution in [0, 0.1) is 0 Å². The summed E-state index contributed by atoms with van der Waals surface area (Å²) >= 11 is 0. The molecule has 5 nitrogen and oxygen atoms in total. The Labute approximate surface area is 171 Å². The van der Waals surface area contributed by atoms with Crippen LogP contribution >= 0.6 is 0 Å². The number of hydrogen-bond donors (Lipinski definition) is 2. The van der Waals surface area contributed by atoms with Crippen LogP contribution in [0.4, 0.5) is 22.9 Å². The number of aryl methyl sites for hydroxylation is 1. The Morgan fingerprint density at radius 3 is 2.31 bits per heavy atom. The summed E-state index contributed by atoms with van der Waals surface area (Å²) in [6.45, 7) is 2.29. The zero-order valence-corrected chi connectivity index (χ0v) is 16.5. The van der Waals surface area contributed by atoms with Gasteiger partial charge in [0.1, 0.15) is 5.82 Å². The third-order valence-corrected chi connectivity index (χ3v) is 5.14. The second kappa shape index (κ2) is 9.24. The fourth-order valence-electron chi connectivity index (χ4n) is 3.55. The van der Waals surface area contributed by atoms with Gasteiger partial charge in [0.15, 0.2) is 0 Å². The molecule has 1 aliphatic rings. The lowest BCUT2D eigenvalue weighted by atomic mass is 10.1. The molecule has 1 saturated heterocycles. The summed E-state index contributed by atoms with van der Waals surface area (Å²) in [5.74, 6) is 0.745. The summed E-state index contributed by atoms with van der Waals surface area (Å²) < 4.78 is 0. The first-order chi connectivity index (χ1) is 14.3. The molecule has 2 N–H and O–H groups in total. The number of hydrogen-bond acceptors (Lipinski definition) is 4. The normalized spacial score (nSPS) is 13.3. The molecule has 3 aromatic rings. The monoisotopic (exact) mass is 386 g/mol. The van der Waals surface area contributed by atoms with Crippen LogP contribution in [0.3, 0.4) is 0 Å². The Balaban J connectivity index is 1.28. The van der Waals surface area contributed by atoms with E-state index in [1.807, 2.05) is 42.5 Å². The Morgan fingerprint density at radius 2 is 1.62 bits per heavy atom. The van der Waals surface area contributed by atoms with Crippen molar-refractivity contribution >= 4 is 28.8 Å². The van der Waals surface area contributed by atoms with Gasteiger partial charge >= 0.3 is 0 Å². The molecule has 148 valence electrons. The second-order valence-corrected chi connectivity index (χ2v) is 7.33. The van der Waals surface area contributed by atoms with Crippen molar-refractivity contribution in [1.29, 1.82) is 0 Å². The molecular weight excluding hydrogens is 360 g/mol. The number of benzene rings is 2. The molecule has 0 saturated carbocycles. The van der Waals surface area contributed by atoms with Gasteiger partial charge < -0.3 is 15.5 Å². The first-order valence-electron chi connectivity index (χ1n) is 10.2. The van der Waals surface area contributed by atoms with E-state index in [2.05, 4.69) is 44.8 Å². The molecule has 0 bridgehead atoms. The minimum absolute atomic E-state index is 0.00568. The highest BCUT2D eigenvalue weighted by molar-refractivity contribution is 5.90. The van der Waals surface area contributed by atoms with E-state index >= 15 is 0 Å². The Bertz CT molecular complexity index is 917. The van der Waals surface area contributed by atoms with Gasteiger partial charge in [-0.15, -0.1) is 0 Å². The SMILES string of the molecule is O=C(CCc1ccccc1)Nc1ccc(Nc2ccc(N3CCCC3)cc2)nc1. The number of carbonyl (C=O) groups excluding carboxylic acids is 1. The van der Waals surface area contributed by atoms with Gasteiger partial charge in [-0.05, 0) is 61.2 Å². The molecule has 0 aliphatic carbocycles. The van der Waals surface area contributed by atoms with Crippen molar-refractivity contribution in [1.82, 2.24) is 4.98 Å². The predicted molar refractivity (Wildman–Crippen MR) is 119 cm³/mol. The summed E-state index contributed by atoms with van der Waals surface area (Å²) in [6.07, 6.45) is 5.42. The molecule has 0 radical (unpaired) electrons. The molecule has 1 fully saturated rings. The highest BCUT2D eigenvalue weighted by Gasteiger charge is 2.11. The number of anilines is 4. The van der Waals surface area contributed by atoms with Crippen molar-refractivity contribution in [3.63, 3.8) is 0 Å². The average molecular weight is 386 g/mol. The summed E-state index contributed by atoms with van der Waals surface area (Å²) in [5.41, 5.74) is 4.14. The minimum Gasteiger partial charge on any atom is -0.372 e. The van der Waals surface area contributed by atoms with Crippen molar-refractivity contribution in [2.24, 2.45) is 0 Å². The molecule has 0 atom stereocenters. The van der Waals surface area contributed by atoms with Gasteiger partial charge in [-0.25, -0.2) is 4.98 Å². The van der Waals surface area contributed by atoms with Gasteiger partial charge in [-0.3, -0.25) is 4.79 Å². The van der Waals surface area contributed by atoms with E-state index in [1.165, 1.54) is 18.5 Å². The van der Waals surface area contributed by atoms with Crippen molar-refractivity contribution in [2.75, 3.05) is 28.6 Å². The Kier molecular flexibility index (Phi) is 6.05. The van der Waals surface area contributed by atoms with E-state index in [4.69, 9.17) is 0 Å². The molecule has 1 aromatic heterocycles. The number of carbonyl (C=O) groups is 1. The van der Waals surface area contributed by atoms with Gasteiger partial charge in [0.25, 0.3) is 0 Å². The Morgan fingerprint density at radius 1 is 0.897 bits per heavy atom. The third-order valence-electron chi connectivity index (χ3n) is 5.14. The predicted octanol–water partition coefficient (Wildman–Crippen LogP) is 5.00. The number of rotatable bonds is 7. The Hall–Kier alpha value is -3.34. The summed E-state index contributed by atoms with van der Waals surface area (Å²) in [4.78, 5) is 19.0. The lowest BCUT2D eigenvalue weighted by molar-refractivity contribution is -0.116. The fourth-order valence-corrected chi connectivity index (χ4v) is 3.55. The standard InChI is InChI=1S/C24H26N4O/c29-24(15-8-19-6-2-1-3-7-19)27-21-11-14-23(25-18-21)26-20-9-12-22(13-10-20)28-16-4-5-17-28/h1-3,6-7,9-14,18H,4-5,8,15-17H2,(H,25,26)(H,27,29). The fraction of sp³-hybridized carbons (Fsp3) is 0.250. The van der Waals surface area contributed by atoms with E-state index in [-0.39, 0.29) is 5.91 Å². The van der Waals surface area contributed by atoms with Gasteiger partial charge in [0, 0.05) is 30.9 Å². The molecule has 2 heterocycles. The summed E-state index contributed by atoms with van der Waals surface area (Å²) in [6, 6.07) is 22.2. The number of aromatic nitrogens is 1. The van der Waals surface area contributed by atoms with E-state index in [0.717, 1.165) is 36.6 Å². The molecule has 0 unspecified atom stereocenters. The molecular formula is C24H26N4O. The van der Waals surface area contributed by atoms with Gasteiger partial charge in [-0.2, -0.15) is 0 Å². The zero-order valence-electron chi connectivity index (χ0n) is 16.5. The van der Waals surface area contributed by atoms with Crippen molar-refractivity contribution in [2.45, 2.75) is 25.7 Å². The first kappa shape index (κ1) is 19.0. The minimum atomic E-state index is -0.00568. The topological polar surface area (TPSA) is 57.3 Å². The molecule has 0 spiro atoms. The van der Waals surface area contributed by atoms with Crippen LogP contribution in [0.5, 0.6) is 0 Å². The second-order valence-electron chi connectivity index (χ2n) is 7.33. The van der Waals surface area contributed by atoms with Crippen molar-refractivity contribution < 1.29 is 4.79 Å². The molecule has 2 aromatic carbocycles. The van der Waals surface area contributed by atoms with Crippen LogP contribution in [0.25, 0.3) is 0 Å². The highest BCUT2D eigenvalue weighted by atomic mass is 16.1. The van der Waals surface area contributed by atoms with Crippen LogP contribution in [0.2, 0.25) is 0 Å². The lowest BCUT2D eigenvalue weighted by Crippen LogP contribution is -2.17. The highest BCUT2D eigenvalue weighted by Crippen LogP contribution is 2.23. The summed E-state index contributed by atoms with van der Waals surface area (Å²) in [7, 11) is 0. The van der Waals surface area contributed by atoms with Gasteiger partial charge in [-0.1, -0.05) is 30.3 Å². The smallest absolute Gasteiger partial charge is 0.224 e. The van der Waals surface area contributed by atoms with Crippen LogP contribution in [0.1, 0.15) is 24.8 Å². The number of nitrogens with zero attached hydrogens (tertiary/aromatic N) is 2. The van der Waals surface area contributed by atoms with Crippen LogP contribution < -0.4 is 15.5 Å². The van der Waals surface area contributed by atoms with Crippen molar-refractivity contribution in [3.8, 4) is 0 Å². The molecule has 1 amide bonds. The maximum Gasteiger partial charge on any atom is 0.224 e. The van der Waals surface area contributed by atoms with E-state index in [1.54, 1.807) is 6.20 Å². The van der Waals surface area contributed by atoms with E-state index in [0.29, 0.717) is 12.1 Å². The third kappa shape index (κ3) is 5.35. The quantitative estimate of drug-likeness (QED) is 0.600. The number of nitrogens with one attached hydrogen (secondary N) is 2. The number of amides is 1. The maximum absolute atomic E-state index is 12.1. The first-order valence-corrected chi connectivity index (χ1v) is 10.2. The average Bonchev–Trinajstić information content (AvgIpc) is 3.30. The lowest BCUT2D eigenvalue weighted by Gasteiger charge is -2.17. The van der Waals surface area contributed by atoms with Crippen LogP contribution in [0.15, 0.2) is 72.9 Å². The largest absolute Gasteiger partial charge is 0.372 e. The van der Waals surface area contributed by atoms with Crippen LogP contribution in [-0.2, 0) is 11.2 Å². The van der Waals surface area contributed by atoms with Gasteiger partial charge in [0.05, 0.1) is 11.9 Å². The summed E-state index contributed by atoms with van der Waals surface area (Å²) in [5, 5.41) is 6.21. The molecule has 5 heteroatoms. The van der Waals surface area contributed by atoms with Gasteiger partial charge in [0.2, 0.25) is 5.91 Å². The van der Waals surface area contributed by atoms with Crippen molar-refractivity contribution in [3.05, 3.63) is 78.5 Å². The molecule has 1 aliphatic heterocycles. The molecule has 4 rings (SSSR count). The van der Waals surface area contributed by atoms with Crippen LogP contribution in [-0.4, -0.2) is 24.0 Å². The number of pyridine rings is 1. The molecule has 29 heavy (non-hydrogen) atoms. The van der Waals surface area contributed by atoms with E-state index in [9.17, 15) is 4.79 Å².